The molecule has 0 saturated heterocycles. The number of carbonyl (C=O) groups excluding carboxylic acids is 1. The SMILES string of the molecule is CC1=CC2=NC(=O)/C(=C/c3ccc(OCCOc4ccc(C)cc4)c(Br)c3)C(=N)N2O1. The summed E-state index contributed by atoms with van der Waals surface area (Å²) in [5.74, 6) is 1.83. The summed E-state index contributed by atoms with van der Waals surface area (Å²) in [4.78, 5) is 21.8. The minimum absolute atomic E-state index is 0.0483. The van der Waals surface area contributed by atoms with Gasteiger partial charge in [-0.05, 0) is 65.7 Å². The van der Waals surface area contributed by atoms with Gasteiger partial charge in [-0.2, -0.15) is 4.99 Å². The standard InChI is InChI=1S/C23H20BrN3O4/c1-14-3-6-17(7-4-14)29-9-10-30-20-8-5-16(13-19(20)24)12-18-22(25)27-21(26-23(18)28)11-15(2)31-27/h3-8,11-13,25H,9-10H2,1-2H3/b18-12+,25-22?. The Morgan fingerprint density at radius 2 is 1.87 bits per heavy atom. The third kappa shape index (κ3) is 4.69. The molecule has 7 nitrogen and oxygen atoms in total. The second-order valence-corrected chi connectivity index (χ2v) is 7.88. The molecule has 1 N–H and O–H groups in total. The molecule has 2 aliphatic rings. The number of amidine groups is 2. The van der Waals surface area contributed by atoms with Gasteiger partial charge in [-0.15, -0.1) is 5.06 Å². The minimum Gasteiger partial charge on any atom is -0.490 e. The number of hydrogen-bond donors (Lipinski definition) is 1. The number of carbonyl (C=O) groups is 1. The van der Waals surface area contributed by atoms with Crippen molar-refractivity contribution in [1.82, 2.24) is 5.06 Å². The fourth-order valence-corrected chi connectivity index (χ4v) is 3.55. The van der Waals surface area contributed by atoms with Crippen molar-refractivity contribution >= 4 is 39.6 Å². The van der Waals surface area contributed by atoms with Crippen LogP contribution in [0, 0.1) is 12.3 Å². The lowest BCUT2D eigenvalue weighted by atomic mass is 10.1. The van der Waals surface area contributed by atoms with Gasteiger partial charge in [0.2, 0.25) is 0 Å². The van der Waals surface area contributed by atoms with Crippen LogP contribution in [-0.4, -0.2) is 35.9 Å². The van der Waals surface area contributed by atoms with Gasteiger partial charge in [0.1, 0.15) is 30.5 Å². The van der Waals surface area contributed by atoms with Crippen LogP contribution in [0.5, 0.6) is 11.5 Å². The highest BCUT2D eigenvalue weighted by Gasteiger charge is 2.34. The van der Waals surface area contributed by atoms with Gasteiger partial charge < -0.3 is 14.3 Å². The van der Waals surface area contributed by atoms with E-state index in [0.29, 0.717) is 30.6 Å². The quantitative estimate of drug-likeness (QED) is 0.478. The summed E-state index contributed by atoms with van der Waals surface area (Å²) in [6.07, 6.45) is 3.23. The molecule has 31 heavy (non-hydrogen) atoms. The van der Waals surface area contributed by atoms with Crippen LogP contribution in [0.4, 0.5) is 0 Å². The van der Waals surface area contributed by atoms with E-state index in [9.17, 15) is 4.79 Å². The zero-order chi connectivity index (χ0) is 22.0. The summed E-state index contributed by atoms with van der Waals surface area (Å²) in [6, 6.07) is 13.3. The second-order valence-electron chi connectivity index (χ2n) is 7.02. The van der Waals surface area contributed by atoms with E-state index in [-0.39, 0.29) is 11.4 Å². The molecule has 0 unspecified atom stereocenters. The van der Waals surface area contributed by atoms with Crippen molar-refractivity contribution < 1.29 is 19.1 Å². The van der Waals surface area contributed by atoms with Crippen LogP contribution in [0.2, 0.25) is 0 Å². The number of aryl methyl sites for hydroxylation is 1. The summed E-state index contributed by atoms with van der Waals surface area (Å²) in [6.45, 7) is 4.56. The Bertz CT molecular complexity index is 1140. The van der Waals surface area contributed by atoms with Gasteiger partial charge in [-0.1, -0.05) is 23.8 Å². The zero-order valence-corrected chi connectivity index (χ0v) is 18.6. The molecule has 8 heteroatoms. The first-order chi connectivity index (χ1) is 14.9. The molecule has 2 heterocycles. The highest BCUT2D eigenvalue weighted by Crippen LogP contribution is 2.29. The molecule has 0 aromatic heterocycles. The topological polar surface area (TPSA) is 84.2 Å². The first kappa shape index (κ1) is 20.9. The first-order valence-electron chi connectivity index (χ1n) is 9.62. The molecular weight excluding hydrogens is 462 g/mol. The Balaban J connectivity index is 1.39. The van der Waals surface area contributed by atoms with E-state index in [4.69, 9.17) is 19.7 Å². The predicted molar refractivity (Wildman–Crippen MR) is 121 cm³/mol. The van der Waals surface area contributed by atoms with Gasteiger partial charge in [0, 0.05) is 6.08 Å². The van der Waals surface area contributed by atoms with Crippen LogP contribution < -0.4 is 9.47 Å². The molecule has 0 spiro atoms. The molecule has 4 rings (SSSR count). The number of benzene rings is 2. The second kappa shape index (κ2) is 8.77. The van der Waals surface area contributed by atoms with Crippen molar-refractivity contribution in [1.29, 1.82) is 5.41 Å². The molecular formula is C23H20BrN3O4. The Hall–Kier alpha value is -3.39. The van der Waals surface area contributed by atoms with Crippen LogP contribution in [0.15, 0.2) is 69.3 Å². The number of rotatable bonds is 6. The van der Waals surface area contributed by atoms with Gasteiger partial charge in [0.15, 0.2) is 11.7 Å². The van der Waals surface area contributed by atoms with Crippen molar-refractivity contribution in [3.05, 3.63) is 75.5 Å². The van der Waals surface area contributed by atoms with Crippen LogP contribution >= 0.6 is 15.9 Å². The van der Waals surface area contributed by atoms with E-state index in [0.717, 1.165) is 15.8 Å². The van der Waals surface area contributed by atoms with Gasteiger partial charge in [0.05, 0.1) is 10.0 Å². The Labute approximate surface area is 188 Å². The Morgan fingerprint density at radius 1 is 1.13 bits per heavy atom. The number of hydroxylamine groups is 2. The van der Waals surface area contributed by atoms with Crippen molar-refractivity contribution in [2.45, 2.75) is 13.8 Å². The Kier molecular flexibility index (Phi) is 5.90. The molecule has 0 fully saturated rings. The lowest BCUT2D eigenvalue weighted by Crippen LogP contribution is -2.38. The third-order valence-electron chi connectivity index (χ3n) is 4.58. The van der Waals surface area contributed by atoms with E-state index >= 15 is 0 Å². The summed E-state index contributed by atoms with van der Waals surface area (Å²) in [5.41, 5.74) is 2.06. The summed E-state index contributed by atoms with van der Waals surface area (Å²) < 4.78 is 12.2. The normalized spacial score (nSPS) is 16.6. The molecule has 0 aliphatic carbocycles. The van der Waals surface area contributed by atoms with Gasteiger partial charge in [0.25, 0.3) is 5.91 Å². The third-order valence-corrected chi connectivity index (χ3v) is 5.20. The van der Waals surface area contributed by atoms with E-state index < -0.39 is 5.91 Å². The minimum atomic E-state index is -0.476. The average molecular weight is 482 g/mol. The maximum Gasteiger partial charge on any atom is 0.282 e. The summed E-state index contributed by atoms with van der Waals surface area (Å²) in [7, 11) is 0. The smallest absolute Gasteiger partial charge is 0.282 e. The molecule has 0 radical (unpaired) electrons. The number of nitrogens with zero attached hydrogens (tertiary/aromatic N) is 2. The zero-order valence-electron chi connectivity index (χ0n) is 17.0. The highest BCUT2D eigenvalue weighted by molar-refractivity contribution is 9.10. The summed E-state index contributed by atoms with van der Waals surface area (Å²) in [5, 5.41) is 9.52. The molecule has 0 bridgehead atoms. The number of aliphatic imine (C=N–C) groups is 1. The number of hydrogen-bond acceptors (Lipinski definition) is 5. The van der Waals surface area contributed by atoms with Gasteiger partial charge >= 0.3 is 0 Å². The predicted octanol–water partition coefficient (Wildman–Crippen LogP) is 4.67. The number of nitrogens with one attached hydrogen (secondary N) is 1. The number of allylic oxidation sites excluding steroid dienone is 1. The van der Waals surface area contributed by atoms with Gasteiger partial charge in [-0.25, -0.2) is 0 Å². The van der Waals surface area contributed by atoms with E-state index in [1.165, 1.54) is 10.6 Å². The number of halogens is 1. The van der Waals surface area contributed by atoms with Crippen molar-refractivity contribution in [2.24, 2.45) is 4.99 Å². The van der Waals surface area contributed by atoms with Crippen molar-refractivity contribution in [3.8, 4) is 11.5 Å². The molecule has 158 valence electrons. The molecule has 1 amide bonds. The maximum atomic E-state index is 12.4. The number of ether oxygens (including phenoxy) is 2. The van der Waals surface area contributed by atoms with Gasteiger partial charge in [-0.3, -0.25) is 10.2 Å². The van der Waals surface area contributed by atoms with Crippen LogP contribution in [-0.2, 0) is 9.63 Å². The fraction of sp³-hybridized carbons (Fsp3) is 0.174. The number of amides is 1. The lowest BCUT2D eigenvalue weighted by Gasteiger charge is -2.23. The molecule has 2 aromatic carbocycles. The molecule has 0 atom stereocenters. The lowest BCUT2D eigenvalue weighted by molar-refractivity contribution is -0.114. The average Bonchev–Trinajstić information content (AvgIpc) is 3.11. The molecule has 2 aromatic rings. The highest BCUT2D eigenvalue weighted by atomic mass is 79.9. The van der Waals surface area contributed by atoms with E-state index in [1.54, 1.807) is 25.1 Å². The van der Waals surface area contributed by atoms with E-state index in [1.807, 2.05) is 43.3 Å². The Morgan fingerprint density at radius 3 is 2.61 bits per heavy atom. The van der Waals surface area contributed by atoms with Crippen LogP contribution in [0.3, 0.4) is 0 Å². The van der Waals surface area contributed by atoms with Crippen molar-refractivity contribution in [2.75, 3.05) is 13.2 Å². The number of fused-ring (bicyclic) bond motifs is 1. The van der Waals surface area contributed by atoms with Crippen LogP contribution in [0.1, 0.15) is 18.1 Å². The molecule has 0 saturated carbocycles. The van der Waals surface area contributed by atoms with E-state index in [2.05, 4.69) is 20.9 Å². The largest absolute Gasteiger partial charge is 0.490 e. The summed E-state index contributed by atoms with van der Waals surface area (Å²) >= 11 is 3.50. The van der Waals surface area contributed by atoms with Crippen molar-refractivity contribution in [3.63, 3.8) is 0 Å². The molecule has 2 aliphatic heterocycles. The van der Waals surface area contributed by atoms with Crippen LogP contribution in [0.25, 0.3) is 6.08 Å². The maximum absolute atomic E-state index is 12.4. The first-order valence-corrected chi connectivity index (χ1v) is 10.4. The fourth-order valence-electron chi connectivity index (χ4n) is 3.04. The monoisotopic (exact) mass is 481 g/mol.